The van der Waals surface area contributed by atoms with E-state index >= 15 is 0 Å². The molecule has 0 aliphatic heterocycles. The highest BCUT2D eigenvalue weighted by Gasteiger charge is 2.21. The van der Waals surface area contributed by atoms with Gasteiger partial charge in [0.25, 0.3) is 0 Å². The molecule has 3 aromatic heterocycles. The molecule has 1 atom stereocenters. The second-order valence-electron chi connectivity index (χ2n) is 7.17. The Morgan fingerprint density at radius 3 is 2.71 bits per heavy atom. The Hall–Kier alpha value is -3.01. The first-order valence-corrected chi connectivity index (χ1v) is 9.63. The number of fused-ring (bicyclic) bond motifs is 1. The van der Waals surface area contributed by atoms with Crippen molar-refractivity contribution in [2.45, 2.75) is 45.9 Å². The number of amides is 2. The molecule has 0 bridgehead atoms. The fourth-order valence-corrected chi connectivity index (χ4v) is 3.06. The van der Waals surface area contributed by atoms with Gasteiger partial charge in [-0.05, 0) is 51.3 Å². The molecule has 9 nitrogen and oxygen atoms in total. The first kappa shape index (κ1) is 19.7. The fourth-order valence-electron chi connectivity index (χ4n) is 2.37. The molecule has 0 unspecified atom stereocenters. The molecular weight excluding hydrogens is 380 g/mol. The predicted molar refractivity (Wildman–Crippen MR) is 105 cm³/mol. The first-order valence-electron chi connectivity index (χ1n) is 8.75. The number of aromatic nitrogens is 4. The van der Waals surface area contributed by atoms with E-state index in [2.05, 4.69) is 25.9 Å². The molecule has 0 aromatic carbocycles. The molecule has 10 heteroatoms. The minimum atomic E-state index is -0.760. The van der Waals surface area contributed by atoms with Crippen LogP contribution in [0.2, 0.25) is 0 Å². The van der Waals surface area contributed by atoms with Gasteiger partial charge in [-0.2, -0.15) is 9.61 Å². The topological polar surface area (TPSA) is 111 Å². The maximum atomic E-state index is 12.3. The highest BCUT2D eigenvalue weighted by atomic mass is 32.1. The van der Waals surface area contributed by atoms with Gasteiger partial charge in [-0.1, -0.05) is 6.07 Å². The Bertz CT molecular complexity index is 977. The second-order valence-corrected chi connectivity index (χ2v) is 8.12. The van der Waals surface area contributed by atoms with Crippen molar-refractivity contribution >= 4 is 29.0 Å². The lowest BCUT2D eigenvalue weighted by molar-refractivity contribution is -0.123. The quantitative estimate of drug-likeness (QED) is 0.678. The van der Waals surface area contributed by atoms with Gasteiger partial charge in [0.1, 0.15) is 17.3 Å². The third-order valence-corrected chi connectivity index (χ3v) is 4.54. The van der Waals surface area contributed by atoms with Gasteiger partial charge in [0.05, 0.1) is 11.4 Å². The van der Waals surface area contributed by atoms with Gasteiger partial charge < -0.3 is 15.4 Å². The van der Waals surface area contributed by atoms with E-state index in [0.29, 0.717) is 11.5 Å². The average molecular weight is 402 g/mol. The molecule has 0 aliphatic carbocycles. The lowest BCUT2D eigenvalue weighted by Gasteiger charge is -2.21. The van der Waals surface area contributed by atoms with Gasteiger partial charge in [0.15, 0.2) is 11.5 Å². The number of hydrogen-bond donors (Lipinski definition) is 2. The summed E-state index contributed by atoms with van der Waals surface area (Å²) in [6.07, 6.45) is -0.648. The Kier molecular flexibility index (Phi) is 5.59. The number of alkyl carbamates (subject to hydrolysis) is 1. The van der Waals surface area contributed by atoms with Gasteiger partial charge in [0.2, 0.25) is 5.91 Å². The van der Waals surface area contributed by atoms with Crippen LogP contribution in [0.5, 0.6) is 0 Å². The SMILES string of the molecule is C[C@@H](NC(=O)OC(C)(C)C)C(=O)NCc1nnc2ccc(-c3cccs3)nn12. The third-order valence-electron chi connectivity index (χ3n) is 3.65. The summed E-state index contributed by atoms with van der Waals surface area (Å²) in [5, 5.41) is 19.9. The van der Waals surface area contributed by atoms with Crippen molar-refractivity contribution in [3.63, 3.8) is 0 Å². The average Bonchev–Trinajstić information content (AvgIpc) is 3.27. The monoisotopic (exact) mass is 402 g/mol. The maximum Gasteiger partial charge on any atom is 0.408 e. The van der Waals surface area contributed by atoms with E-state index in [-0.39, 0.29) is 12.5 Å². The molecule has 3 aromatic rings. The molecule has 0 saturated carbocycles. The molecule has 2 N–H and O–H groups in total. The van der Waals surface area contributed by atoms with Crippen molar-refractivity contribution in [3.8, 4) is 10.6 Å². The predicted octanol–water partition coefficient (Wildman–Crippen LogP) is 2.38. The number of ether oxygens (including phenoxy) is 1. The van der Waals surface area contributed by atoms with E-state index in [1.165, 1.54) is 0 Å². The zero-order chi connectivity index (χ0) is 20.3. The molecule has 148 valence electrons. The summed E-state index contributed by atoms with van der Waals surface area (Å²) in [5.41, 5.74) is 0.756. The van der Waals surface area contributed by atoms with Crippen molar-refractivity contribution in [2.24, 2.45) is 0 Å². The van der Waals surface area contributed by atoms with Crippen LogP contribution in [0.3, 0.4) is 0 Å². The number of rotatable bonds is 5. The van der Waals surface area contributed by atoms with Crippen molar-refractivity contribution in [1.82, 2.24) is 30.4 Å². The van der Waals surface area contributed by atoms with E-state index in [9.17, 15) is 9.59 Å². The molecule has 28 heavy (non-hydrogen) atoms. The highest BCUT2D eigenvalue weighted by Crippen LogP contribution is 2.22. The van der Waals surface area contributed by atoms with Gasteiger partial charge in [-0.3, -0.25) is 4.79 Å². The van der Waals surface area contributed by atoms with Gasteiger partial charge in [0, 0.05) is 0 Å². The fraction of sp³-hybridized carbons (Fsp3) is 0.389. The number of thiophene rings is 1. The first-order chi connectivity index (χ1) is 13.2. The van der Waals surface area contributed by atoms with Crippen molar-refractivity contribution in [2.75, 3.05) is 0 Å². The van der Waals surface area contributed by atoms with Gasteiger partial charge >= 0.3 is 6.09 Å². The minimum absolute atomic E-state index is 0.126. The van der Waals surface area contributed by atoms with Crippen LogP contribution in [-0.4, -0.2) is 43.5 Å². The summed E-state index contributed by atoms with van der Waals surface area (Å²) in [5.74, 6) is 0.128. The number of carbonyl (C=O) groups excluding carboxylic acids is 2. The van der Waals surface area contributed by atoms with Crippen molar-refractivity contribution in [1.29, 1.82) is 0 Å². The highest BCUT2D eigenvalue weighted by molar-refractivity contribution is 7.13. The summed E-state index contributed by atoms with van der Waals surface area (Å²) in [6.45, 7) is 6.97. The van der Waals surface area contributed by atoms with Crippen LogP contribution in [-0.2, 0) is 16.1 Å². The molecule has 0 radical (unpaired) electrons. The molecule has 3 heterocycles. The number of carbonyl (C=O) groups is 2. The standard InChI is InChI=1S/C18H22N6O3S/c1-11(20-17(26)27-18(2,3)4)16(25)19-10-15-22-21-14-8-7-12(23-24(14)15)13-6-5-9-28-13/h5-9,11H,10H2,1-4H3,(H,19,25)(H,20,26)/t11-/m1/s1. The van der Waals surface area contributed by atoms with E-state index < -0.39 is 17.7 Å². The van der Waals surface area contributed by atoms with Crippen LogP contribution in [0.1, 0.15) is 33.5 Å². The molecule has 0 spiro atoms. The number of nitrogens with one attached hydrogen (secondary N) is 2. The second kappa shape index (κ2) is 7.93. The van der Waals surface area contributed by atoms with E-state index in [1.54, 1.807) is 43.5 Å². The number of nitrogens with zero attached hydrogens (tertiary/aromatic N) is 4. The van der Waals surface area contributed by atoms with Gasteiger partial charge in [-0.15, -0.1) is 21.5 Å². The summed E-state index contributed by atoms with van der Waals surface area (Å²) in [7, 11) is 0. The largest absolute Gasteiger partial charge is 0.444 e. The lowest BCUT2D eigenvalue weighted by atomic mass is 10.2. The van der Waals surface area contributed by atoms with Crippen LogP contribution in [0.25, 0.3) is 16.2 Å². The van der Waals surface area contributed by atoms with Crippen molar-refractivity contribution in [3.05, 3.63) is 35.5 Å². The number of hydrogen-bond acceptors (Lipinski definition) is 7. The Morgan fingerprint density at radius 1 is 1.25 bits per heavy atom. The zero-order valence-corrected chi connectivity index (χ0v) is 16.9. The lowest BCUT2D eigenvalue weighted by Crippen LogP contribution is -2.46. The molecule has 2 amide bonds. The third kappa shape index (κ3) is 4.83. The summed E-state index contributed by atoms with van der Waals surface area (Å²) < 4.78 is 6.75. The molecule has 3 rings (SSSR count). The van der Waals surface area contributed by atoms with Crippen LogP contribution in [0, 0.1) is 0 Å². The molecule has 0 aliphatic rings. The normalized spacial score (nSPS) is 12.6. The van der Waals surface area contributed by atoms with Crippen molar-refractivity contribution < 1.29 is 14.3 Å². The molecule has 0 fully saturated rings. The summed E-state index contributed by atoms with van der Waals surface area (Å²) >= 11 is 1.59. The Balaban J connectivity index is 1.64. The van der Waals surface area contributed by atoms with Crippen LogP contribution in [0.15, 0.2) is 29.6 Å². The van der Waals surface area contributed by atoms with Gasteiger partial charge in [-0.25, -0.2) is 4.79 Å². The maximum absolute atomic E-state index is 12.3. The zero-order valence-electron chi connectivity index (χ0n) is 16.1. The summed E-state index contributed by atoms with van der Waals surface area (Å²) in [6, 6.07) is 6.88. The Labute approximate surface area is 166 Å². The van der Waals surface area contributed by atoms with E-state index in [0.717, 1.165) is 10.6 Å². The van der Waals surface area contributed by atoms with Crippen LogP contribution >= 0.6 is 11.3 Å². The molecule has 0 saturated heterocycles. The minimum Gasteiger partial charge on any atom is -0.444 e. The summed E-state index contributed by atoms with van der Waals surface area (Å²) in [4.78, 5) is 25.1. The van der Waals surface area contributed by atoms with Crippen LogP contribution < -0.4 is 10.6 Å². The Morgan fingerprint density at radius 2 is 2.04 bits per heavy atom. The smallest absolute Gasteiger partial charge is 0.408 e. The van der Waals surface area contributed by atoms with Crippen LogP contribution in [0.4, 0.5) is 4.79 Å². The van der Waals surface area contributed by atoms with E-state index in [4.69, 9.17) is 4.74 Å². The van der Waals surface area contributed by atoms with E-state index in [1.807, 2.05) is 29.6 Å². The molecular formula is C18H22N6O3S.